The molecule has 196 valence electrons. The molecule has 5 rings (SSSR count). The SMILES string of the molecule is COCCC(=O)N1CCC[C@@H](C2=C3C=NC=C[N+]3(N)C(c3ccc(C(=O)Nc4ccccn4)cc3C)=N2)C1. The Morgan fingerprint density at radius 2 is 2.13 bits per heavy atom. The van der Waals surface area contributed by atoms with Crippen molar-refractivity contribution in [3.63, 3.8) is 0 Å². The molecule has 0 bridgehead atoms. The summed E-state index contributed by atoms with van der Waals surface area (Å²) < 4.78 is 4.99. The van der Waals surface area contributed by atoms with Crippen LogP contribution in [0.5, 0.6) is 0 Å². The van der Waals surface area contributed by atoms with Gasteiger partial charge in [0.15, 0.2) is 0 Å². The molecule has 3 aliphatic rings. The summed E-state index contributed by atoms with van der Waals surface area (Å²) in [6, 6.07) is 10.8. The first kappa shape index (κ1) is 25.7. The zero-order chi connectivity index (χ0) is 26.7. The van der Waals surface area contributed by atoms with Gasteiger partial charge in [-0.25, -0.2) is 4.98 Å². The Morgan fingerprint density at radius 1 is 1.26 bits per heavy atom. The number of hydrogen-bond acceptors (Lipinski definition) is 7. The van der Waals surface area contributed by atoms with E-state index < -0.39 is 0 Å². The maximum Gasteiger partial charge on any atom is 0.265 e. The number of amides is 2. The van der Waals surface area contributed by atoms with E-state index in [4.69, 9.17) is 15.6 Å². The van der Waals surface area contributed by atoms with Gasteiger partial charge in [-0.15, -0.1) is 4.59 Å². The van der Waals surface area contributed by atoms with Crippen LogP contribution in [0, 0.1) is 12.8 Å². The molecule has 38 heavy (non-hydrogen) atoms. The number of rotatable bonds is 7. The smallest absolute Gasteiger partial charge is 0.265 e. The zero-order valence-electron chi connectivity index (χ0n) is 21.6. The number of aryl methyl sites for hydroxylation is 1. The first-order chi connectivity index (χ1) is 18.4. The van der Waals surface area contributed by atoms with Crippen LogP contribution >= 0.6 is 0 Å². The molecule has 2 aromatic rings. The number of hydrogen-bond donors (Lipinski definition) is 2. The van der Waals surface area contributed by atoms with Gasteiger partial charge in [-0.05, 0) is 55.7 Å². The third kappa shape index (κ3) is 4.93. The number of nitrogens with two attached hydrogens (primary N) is 1. The summed E-state index contributed by atoms with van der Waals surface area (Å²) in [5.41, 5.74) is 3.89. The van der Waals surface area contributed by atoms with Gasteiger partial charge in [-0.1, -0.05) is 6.07 Å². The molecular formula is C28H32N7O3+. The third-order valence-corrected chi connectivity index (χ3v) is 7.14. The second-order valence-electron chi connectivity index (χ2n) is 9.68. The first-order valence-electron chi connectivity index (χ1n) is 12.7. The summed E-state index contributed by atoms with van der Waals surface area (Å²) in [5.74, 6) is 8.00. The van der Waals surface area contributed by atoms with Gasteiger partial charge in [0.1, 0.15) is 17.7 Å². The first-order valence-corrected chi connectivity index (χ1v) is 12.7. The minimum absolute atomic E-state index is 0.0467. The standard InChI is InChI=1S/C28H31N7O3/c1-19-16-20(28(37)32-24-7-3-4-11-31-24)8-9-22(19)27-33-26(23-17-30-12-14-35(23,27)29)21-6-5-13-34(18-21)25(36)10-15-38-2/h3-4,7-9,11-12,14,16-17,21H,5-6,10,13,15,18,29H2,1-2H3/p+1/t21-,35?/m1/s1. The number of amidine groups is 1. The van der Waals surface area contributed by atoms with Crippen LogP contribution in [0.2, 0.25) is 0 Å². The van der Waals surface area contributed by atoms with E-state index >= 15 is 0 Å². The van der Waals surface area contributed by atoms with E-state index in [0.717, 1.165) is 41.9 Å². The lowest BCUT2D eigenvalue weighted by Gasteiger charge is -2.33. The molecule has 0 saturated carbocycles. The van der Waals surface area contributed by atoms with Crippen molar-refractivity contribution in [1.29, 1.82) is 0 Å². The fourth-order valence-electron chi connectivity index (χ4n) is 5.14. The average molecular weight is 515 g/mol. The van der Waals surface area contributed by atoms with Crippen LogP contribution in [-0.4, -0.2) is 65.1 Å². The van der Waals surface area contributed by atoms with E-state index in [1.54, 1.807) is 43.9 Å². The van der Waals surface area contributed by atoms with E-state index in [1.807, 2.05) is 36.2 Å². The molecule has 1 saturated heterocycles. The normalized spacial score (nSPS) is 22.3. The van der Waals surface area contributed by atoms with Crippen molar-refractivity contribution in [3.05, 3.63) is 83.1 Å². The predicted octanol–water partition coefficient (Wildman–Crippen LogP) is 3.14. The third-order valence-electron chi connectivity index (χ3n) is 7.14. The lowest BCUT2D eigenvalue weighted by molar-refractivity contribution is -0.750. The van der Waals surface area contributed by atoms with Crippen molar-refractivity contribution in [2.75, 3.05) is 32.1 Å². The van der Waals surface area contributed by atoms with Crippen molar-refractivity contribution in [1.82, 2.24) is 9.88 Å². The van der Waals surface area contributed by atoms with Gasteiger partial charge < -0.3 is 15.0 Å². The number of anilines is 1. The summed E-state index contributed by atoms with van der Waals surface area (Å²) in [4.78, 5) is 41.0. The molecule has 2 atom stereocenters. The van der Waals surface area contributed by atoms with E-state index in [0.29, 0.717) is 36.8 Å². The number of methoxy groups -OCH3 is 1. The van der Waals surface area contributed by atoms with Crippen LogP contribution in [0.3, 0.4) is 0 Å². The summed E-state index contributed by atoms with van der Waals surface area (Å²) in [5, 5.41) is 2.82. The minimum Gasteiger partial charge on any atom is -0.384 e. The Kier molecular flexibility index (Phi) is 7.28. The number of ether oxygens (including phenoxy) is 1. The van der Waals surface area contributed by atoms with Crippen LogP contribution in [0.25, 0.3) is 0 Å². The number of likely N-dealkylation sites (tertiary alicyclic amines) is 1. The fourth-order valence-corrected chi connectivity index (χ4v) is 5.14. The van der Waals surface area contributed by atoms with Crippen molar-refractivity contribution < 1.29 is 18.9 Å². The molecule has 0 aliphatic carbocycles. The highest BCUT2D eigenvalue weighted by Gasteiger charge is 2.46. The Balaban J connectivity index is 1.42. The van der Waals surface area contributed by atoms with Crippen LogP contribution in [0.15, 0.2) is 76.4 Å². The molecule has 3 aliphatic heterocycles. The van der Waals surface area contributed by atoms with E-state index in [2.05, 4.69) is 15.3 Å². The van der Waals surface area contributed by atoms with Gasteiger partial charge in [0.05, 0.1) is 31.0 Å². The zero-order valence-corrected chi connectivity index (χ0v) is 21.6. The summed E-state index contributed by atoms with van der Waals surface area (Å²) >= 11 is 0. The van der Waals surface area contributed by atoms with Crippen LogP contribution in [0.1, 0.15) is 40.7 Å². The maximum absolute atomic E-state index is 12.8. The number of pyridine rings is 1. The van der Waals surface area contributed by atoms with Crippen molar-refractivity contribution in [3.8, 4) is 0 Å². The number of nitrogens with zero attached hydrogens (tertiary/aromatic N) is 5. The second kappa shape index (κ2) is 10.8. The number of allylic oxidation sites excluding steroid dienone is 1. The maximum atomic E-state index is 12.8. The fraction of sp³-hybridized carbons (Fsp3) is 0.321. The highest BCUT2D eigenvalue weighted by atomic mass is 16.5. The second-order valence-corrected chi connectivity index (χ2v) is 9.68. The molecule has 3 N–H and O–H groups in total. The largest absolute Gasteiger partial charge is 0.384 e. The molecule has 0 spiro atoms. The van der Waals surface area contributed by atoms with Crippen molar-refractivity contribution >= 4 is 29.7 Å². The highest BCUT2D eigenvalue weighted by Crippen LogP contribution is 2.38. The minimum atomic E-state index is -0.242. The van der Waals surface area contributed by atoms with Gasteiger partial charge in [-0.3, -0.25) is 14.6 Å². The number of aliphatic imine (C=N–C) groups is 2. The summed E-state index contributed by atoms with van der Waals surface area (Å²) in [6.07, 6.45) is 9.05. The molecule has 4 heterocycles. The number of benzene rings is 1. The molecule has 10 nitrogen and oxygen atoms in total. The number of piperidine rings is 1. The predicted molar refractivity (Wildman–Crippen MR) is 145 cm³/mol. The van der Waals surface area contributed by atoms with Gasteiger partial charge in [0, 0.05) is 37.9 Å². The van der Waals surface area contributed by atoms with Crippen molar-refractivity contribution in [2.24, 2.45) is 21.7 Å². The Morgan fingerprint density at radius 3 is 2.89 bits per heavy atom. The number of nitrogens with one attached hydrogen (secondary N) is 1. The topological polar surface area (TPSA) is 122 Å². The summed E-state index contributed by atoms with van der Waals surface area (Å²) in [6.45, 7) is 3.67. The average Bonchev–Trinajstić information content (AvgIpc) is 3.25. The Bertz CT molecular complexity index is 1370. The van der Waals surface area contributed by atoms with Gasteiger partial charge in [0.25, 0.3) is 11.7 Å². The lowest BCUT2D eigenvalue weighted by atomic mass is 9.93. The molecule has 1 aromatic heterocycles. The monoisotopic (exact) mass is 514 g/mol. The molecule has 2 amide bonds. The van der Waals surface area contributed by atoms with Gasteiger partial charge in [0.2, 0.25) is 11.6 Å². The number of carbonyl (C=O) groups excluding carboxylic acids is 2. The molecule has 1 unspecified atom stereocenters. The lowest BCUT2D eigenvalue weighted by Crippen LogP contribution is -2.53. The molecule has 0 radical (unpaired) electrons. The Labute approximate surface area is 221 Å². The molecular weight excluding hydrogens is 482 g/mol. The Hall–Kier alpha value is -3.99. The quantitative estimate of drug-likeness (QED) is 0.434. The van der Waals surface area contributed by atoms with Crippen LogP contribution in [0.4, 0.5) is 5.82 Å². The number of aromatic nitrogens is 1. The van der Waals surface area contributed by atoms with Crippen LogP contribution in [-0.2, 0) is 9.53 Å². The van der Waals surface area contributed by atoms with E-state index in [1.165, 1.54) is 0 Å². The molecule has 1 fully saturated rings. The highest BCUT2D eigenvalue weighted by molar-refractivity contribution is 6.06. The number of carbonyl (C=O) groups is 2. The van der Waals surface area contributed by atoms with Gasteiger partial charge in [-0.2, -0.15) is 10.8 Å². The number of fused-ring (bicyclic) bond motifs is 1. The van der Waals surface area contributed by atoms with Crippen molar-refractivity contribution in [2.45, 2.75) is 26.2 Å². The van der Waals surface area contributed by atoms with Crippen LogP contribution < -0.4 is 11.2 Å². The van der Waals surface area contributed by atoms with E-state index in [9.17, 15) is 9.59 Å². The molecule has 10 heteroatoms. The number of quaternary nitrogens is 1. The summed E-state index contributed by atoms with van der Waals surface area (Å²) in [7, 11) is 1.60. The van der Waals surface area contributed by atoms with Gasteiger partial charge >= 0.3 is 0 Å². The molecule has 1 aromatic carbocycles. The van der Waals surface area contributed by atoms with E-state index in [-0.39, 0.29) is 22.3 Å².